The lowest BCUT2D eigenvalue weighted by atomic mass is 9.85. The minimum atomic E-state index is -3.74. The minimum absolute atomic E-state index is 0.110. The molecule has 5 nitrogen and oxygen atoms in total. The van der Waals surface area contributed by atoms with Gasteiger partial charge in [0.2, 0.25) is 0 Å². The van der Waals surface area contributed by atoms with E-state index in [0.29, 0.717) is 12.4 Å². The van der Waals surface area contributed by atoms with E-state index in [9.17, 15) is 8.42 Å². The molecule has 0 saturated carbocycles. The summed E-state index contributed by atoms with van der Waals surface area (Å²) in [6.07, 6.45) is 4.79. The highest BCUT2D eigenvalue weighted by atomic mass is 32.2. The first-order chi connectivity index (χ1) is 12.5. The third kappa shape index (κ3) is 3.53. The third-order valence-corrected chi connectivity index (χ3v) is 5.90. The Bertz CT molecular complexity index is 966. The summed E-state index contributed by atoms with van der Waals surface area (Å²) in [5.41, 5.74) is 6.21. The van der Waals surface area contributed by atoms with E-state index in [-0.39, 0.29) is 6.10 Å². The molecule has 0 amide bonds. The normalized spacial score (nSPS) is 19.3. The molecular weight excluding hydrogens is 350 g/mol. The van der Waals surface area contributed by atoms with Gasteiger partial charge in [-0.1, -0.05) is 36.4 Å². The van der Waals surface area contributed by atoms with Gasteiger partial charge in [-0.2, -0.15) is 13.1 Å². The Hall–Kier alpha value is -2.15. The predicted octanol–water partition coefficient (Wildman–Crippen LogP) is 2.70. The smallest absolute Gasteiger partial charge is 0.371 e. The second-order valence-corrected chi connectivity index (χ2v) is 8.09. The van der Waals surface area contributed by atoms with Gasteiger partial charge in [0.25, 0.3) is 0 Å². The number of allylic oxidation sites excluding steroid dienone is 1. The number of rotatable bonds is 4. The highest BCUT2D eigenvalue weighted by Gasteiger charge is 2.25. The monoisotopic (exact) mass is 371 g/mol. The van der Waals surface area contributed by atoms with Crippen molar-refractivity contribution in [3.05, 3.63) is 76.4 Å². The summed E-state index contributed by atoms with van der Waals surface area (Å²) in [6, 6.07) is 13.9. The topological polar surface area (TPSA) is 64.6 Å². The van der Waals surface area contributed by atoms with E-state index in [1.165, 1.54) is 29.3 Å². The fourth-order valence-corrected chi connectivity index (χ4v) is 3.99. The average Bonchev–Trinajstić information content (AvgIpc) is 2.67. The molecule has 0 aromatic heterocycles. The van der Waals surface area contributed by atoms with Crippen LogP contribution in [0.5, 0.6) is 5.75 Å². The van der Waals surface area contributed by atoms with Gasteiger partial charge in [0.1, 0.15) is 5.75 Å². The Morgan fingerprint density at radius 2 is 1.88 bits per heavy atom. The summed E-state index contributed by atoms with van der Waals surface area (Å²) in [4.78, 5) is 0. The van der Waals surface area contributed by atoms with E-state index in [2.05, 4.69) is 29.0 Å². The van der Waals surface area contributed by atoms with Crippen LogP contribution < -0.4 is 8.91 Å². The van der Waals surface area contributed by atoms with Gasteiger partial charge in [-0.15, -0.1) is 0 Å². The molecule has 136 valence electrons. The zero-order valence-corrected chi connectivity index (χ0v) is 15.4. The van der Waals surface area contributed by atoms with Crippen molar-refractivity contribution in [2.45, 2.75) is 32.0 Å². The van der Waals surface area contributed by atoms with Crippen LogP contribution >= 0.6 is 0 Å². The molecule has 6 heteroatoms. The first-order valence-electron chi connectivity index (χ1n) is 8.66. The van der Waals surface area contributed by atoms with E-state index >= 15 is 0 Å². The molecule has 0 spiro atoms. The summed E-state index contributed by atoms with van der Waals surface area (Å²) in [5, 5.41) is 0. The SMILES string of the molecule is CNS(=O)(=O)Oc1ccc2c(c1)CC=C(C1Cc3ccccc3CO1)C2. The van der Waals surface area contributed by atoms with Crippen molar-refractivity contribution in [2.75, 3.05) is 7.05 Å². The molecule has 2 aromatic carbocycles. The number of hydrogen-bond acceptors (Lipinski definition) is 4. The van der Waals surface area contributed by atoms with Crippen molar-refractivity contribution < 1.29 is 17.3 Å². The van der Waals surface area contributed by atoms with Crippen LogP contribution in [-0.4, -0.2) is 21.6 Å². The molecule has 0 fully saturated rings. The number of hydrogen-bond donors (Lipinski definition) is 1. The fraction of sp³-hybridized carbons (Fsp3) is 0.300. The fourth-order valence-electron chi connectivity index (χ4n) is 3.55. The highest BCUT2D eigenvalue weighted by molar-refractivity contribution is 7.85. The van der Waals surface area contributed by atoms with Crippen molar-refractivity contribution in [3.8, 4) is 5.75 Å². The summed E-state index contributed by atoms with van der Waals surface area (Å²) in [7, 11) is -2.42. The zero-order valence-electron chi connectivity index (χ0n) is 14.6. The number of nitrogens with one attached hydrogen (secondary N) is 1. The van der Waals surface area contributed by atoms with Crippen LogP contribution in [0.1, 0.15) is 22.3 Å². The van der Waals surface area contributed by atoms with Gasteiger partial charge in [0, 0.05) is 13.5 Å². The predicted molar refractivity (Wildman–Crippen MR) is 99.3 cm³/mol. The zero-order chi connectivity index (χ0) is 18.1. The van der Waals surface area contributed by atoms with E-state index in [4.69, 9.17) is 8.92 Å². The largest absolute Gasteiger partial charge is 0.382 e. The molecule has 0 bridgehead atoms. The van der Waals surface area contributed by atoms with Crippen LogP contribution in [0.3, 0.4) is 0 Å². The molecule has 0 saturated heterocycles. The molecule has 4 rings (SSSR count). The van der Waals surface area contributed by atoms with Crippen LogP contribution in [0.25, 0.3) is 0 Å². The van der Waals surface area contributed by atoms with Crippen molar-refractivity contribution >= 4 is 10.3 Å². The van der Waals surface area contributed by atoms with Crippen LogP contribution in [0.4, 0.5) is 0 Å². The summed E-state index contributed by atoms with van der Waals surface area (Å²) >= 11 is 0. The lowest BCUT2D eigenvalue weighted by molar-refractivity contribution is 0.0503. The van der Waals surface area contributed by atoms with Gasteiger partial charge in [-0.3, -0.25) is 0 Å². The number of fused-ring (bicyclic) bond motifs is 2. The second kappa shape index (κ2) is 6.87. The molecule has 0 radical (unpaired) electrons. The highest BCUT2D eigenvalue weighted by Crippen LogP contribution is 2.31. The second-order valence-electron chi connectivity index (χ2n) is 6.60. The Morgan fingerprint density at radius 1 is 1.08 bits per heavy atom. The van der Waals surface area contributed by atoms with Crippen LogP contribution in [-0.2, 0) is 40.9 Å². The molecule has 2 aromatic rings. The molecule has 1 unspecified atom stereocenters. The van der Waals surface area contributed by atoms with Crippen molar-refractivity contribution in [3.63, 3.8) is 0 Å². The van der Waals surface area contributed by atoms with Gasteiger partial charge in [-0.05, 0) is 52.8 Å². The van der Waals surface area contributed by atoms with Crippen LogP contribution in [0, 0.1) is 0 Å². The Kier molecular flexibility index (Phi) is 4.56. The minimum Gasteiger partial charge on any atom is -0.371 e. The first-order valence-corrected chi connectivity index (χ1v) is 10.1. The van der Waals surface area contributed by atoms with Gasteiger partial charge in [0.15, 0.2) is 0 Å². The summed E-state index contributed by atoms with van der Waals surface area (Å²) < 4.78 is 36.3. The number of ether oxygens (including phenoxy) is 1. The third-order valence-electron chi connectivity index (χ3n) is 4.99. The van der Waals surface area contributed by atoms with Gasteiger partial charge >= 0.3 is 10.3 Å². The molecule has 1 atom stereocenters. The molecule has 1 aliphatic carbocycles. The van der Waals surface area contributed by atoms with Crippen molar-refractivity contribution in [1.29, 1.82) is 0 Å². The summed E-state index contributed by atoms with van der Waals surface area (Å²) in [5.74, 6) is 0.331. The van der Waals surface area contributed by atoms with Gasteiger partial charge in [-0.25, -0.2) is 0 Å². The van der Waals surface area contributed by atoms with E-state index in [1.807, 2.05) is 12.1 Å². The molecule has 26 heavy (non-hydrogen) atoms. The maximum absolute atomic E-state index is 11.5. The lowest BCUT2D eigenvalue weighted by Crippen LogP contribution is -2.27. The molecule has 1 aliphatic heterocycles. The van der Waals surface area contributed by atoms with Gasteiger partial charge < -0.3 is 8.92 Å². The lowest BCUT2D eigenvalue weighted by Gasteiger charge is -2.29. The molecular formula is C20H21NO4S. The van der Waals surface area contributed by atoms with E-state index in [1.54, 1.807) is 12.1 Å². The Labute approximate surface area is 153 Å². The van der Waals surface area contributed by atoms with Crippen LogP contribution in [0.15, 0.2) is 54.1 Å². The van der Waals surface area contributed by atoms with Crippen LogP contribution in [0.2, 0.25) is 0 Å². The Balaban J connectivity index is 1.50. The standard InChI is InChI=1S/C20H21NO4S/c1-21-26(22,23)25-19-9-8-15-10-17(7-6-16(15)11-19)20-12-14-4-2-3-5-18(14)13-24-20/h2-5,7-9,11,20-21H,6,10,12-13H2,1H3. The summed E-state index contributed by atoms with van der Waals surface area (Å²) in [6.45, 7) is 0.652. The van der Waals surface area contributed by atoms with Crippen molar-refractivity contribution in [1.82, 2.24) is 4.72 Å². The maximum atomic E-state index is 11.5. The van der Waals surface area contributed by atoms with Crippen molar-refractivity contribution in [2.24, 2.45) is 0 Å². The van der Waals surface area contributed by atoms with E-state index < -0.39 is 10.3 Å². The molecule has 2 aliphatic rings. The number of benzene rings is 2. The maximum Gasteiger partial charge on any atom is 0.382 e. The molecule has 1 N–H and O–H groups in total. The van der Waals surface area contributed by atoms with Gasteiger partial charge in [0.05, 0.1) is 12.7 Å². The first kappa shape index (κ1) is 17.3. The Morgan fingerprint density at radius 3 is 2.69 bits per heavy atom. The average molecular weight is 371 g/mol. The molecule has 1 heterocycles. The quantitative estimate of drug-likeness (QED) is 0.840. The van der Waals surface area contributed by atoms with E-state index in [0.717, 1.165) is 24.8 Å².